The number of rotatable bonds is 10. The van der Waals surface area contributed by atoms with Gasteiger partial charge in [-0.1, -0.05) is 24.3 Å². The number of phenolic OH excluding ortho intramolecular Hbond substituents is 2. The summed E-state index contributed by atoms with van der Waals surface area (Å²) in [5.41, 5.74) is 1.88. The average Bonchev–Trinajstić information content (AvgIpc) is 2.78. The summed E-state index contributed by atoms with van der Waals surface area (Å²) in [5.74, 6) is 0.304. The van der Waals surface area contributed by atoms with Crippen LogP contribution in [0.25, 0.3) is 0 Å². The molecule has 2 aromatic carbocycles. The first-order chi connectivity index (χ1) is 15.3. The number of ether oxygens (including phenoxy) is 2. The van der Waals surface area contributed by atoms with Gasteiger partial charge in [-0.05, 0) is 54.7 Å². The fourth-order valence-electron chi connectivity index (χ4n) is 3.60. The largest absolute Gasteiger partial charge is 0.508 e. The van der Waals surface area contributed by atoms with E-state index in [0.29, 0.717) is 25.7 Å². The Hall–Kier alpha value is -2.49. The van der Waals surface area contributed by atoms with Crippen molar-refractivity contribution in [2.24, 2.45) is 0 Å². The summed E-state index contributed by atoms with van der Waals surface area (Å²) in [7, 11) is 0. The molecule has 1 aliphatic heterocycles. The van der Waals surface area contributed by atoms with E-state index in [1.165, 1.54) is 0 Å². The second kappa shape index (κ2) is 11.4. The van der Waals surface area contributed by atoms with Crippen LogP contribution in [0.15, 0.2) is 48.5 Å². The van der Waals surface area contributed by atoms with Gasteiger partial charge in [-0.2, -0.15) is 0 Å². The van der Waals surface area contributed by atoms with E-state index in [9.17, 15) is 30.3 Å². The number of carbonyl (C=O) groups is 1. The standard InChI is InChI=1S/C24H30O8/c25-17-7-1-15(2-8-17)5-11-19(27)13-20(12-6-16-3-9-18(26)10-4-16)32-24-23(30)22(29)21(28)14-31-24/h1-4,7-10,20-26,28-30H,5-6,11-14H2/t20-,21-,22+,23-,24-/m1/s1. The van der Waals surface area contributed by atoms with Crippen molar-refractivity contribution in [3.8, 4) is 11.5 Å². The molecule has 0 aliphatic carbocycles. The number of carbonyl (C=O) groups excluding carboxylic acids is 1. The normalized spacial score (nSPS) is 24.2. The fourth-order valence-corrected chi connectivity index (χ4v) is 3.60. The third-order valence-corrected chi connectivity index (χ3v) is 5.56. The molecule has 174 valence electrons. The lowest BCUT2D eigenvalue weighted by Gasteiger charge is -2.36. The van der Waals surface area contributed by atoms with Crippen molar-refractivity contribution in [2.45, 2.75) is 62.8 Å². The molecule has 32 heavy (non-hydrogen) atoms. The van der Waals surface area contributed by atoms with Gasteiger partial charge in [-0.15, -0.1) is 0 Å². The first kappa shape index (κ1) is 24.2. The number of Topliss-reactive ketones (excluding diaryl/α,β-unsaturated/α-hetero) is 1. The molecule has 0 bridgehead atoms. The summed E-state index contributed by atoms with van der Waals surface area (Å²) in [6.07, 6.45) is -3.80. The summed E-state index contributed by atoms with van der Waals surface area (Å²) in [6.45, 7) is -0.178. The van der Waals surface area contributed by atoms with E-state index in [1.807, 2.05) is 0 Å². The van der Waals surface area contributed by atoms with Gasteiger partial charge in [-0.3, -0.25) is 4.79 Å². The van der Waals surface area contributed by atoms with E-state index in [1.54, 1.807) is 48.5 Å². The zero-order valence-electron chi connectivity index (χ0n) is 17.7. The molecule has 0 aromatic heterocycles. The summed E-state index contributed by atoms with van der Waals surface area (Å²) < 4.78 is 11.2. The Labute approximate surface area is 186 Å². The molecule has 2 aromatic rings. The van der Waals surface area contributed by atoms with E-state index >= 15 is 0 Å². The fraction of sp³-hybridized carbons (Fsp3) is 0.458. The van der Waals surface area contributed by atoms with Gasteiger partial charge in [0.05, 0.1) is 12.7 Å². The molecule has 1 fully saturated rings. The summed E-state index contributed by atoms with van der Waals surface area (Å²) in [5, 5.41) is 48.5. The highest BCUT2D eigenvalue weighted by Gasteiger charge is 2.39. The lowest BCUT2D eigenvalue weighted by Crippen LogP contribution is -2.54. The third-order valence-electron chi connectivity index (χ3n) is 5.56. The Balaban J connectivity index is 1.60. The molecule has 1 heterocycles. The van der Waals surface area contributed by atoms with E-state index in [0.717, 1.165) is 11.1 Å². The second-order valence-corrected chi connectivity index (χ2v) is 8.12. The van der Waals surface area contributed by atoms with Gasteiger partial charge in [-0.25, -0.2) is 0 Å². The maximum absolute atomic E-state index is 12.6. The maximum atomic E-state index is 12.6. The van der Waals surface area contributed by atoms with E-state index in [4.69, 9.17) is 9.47 Å². The van der Waals surface area contributed by atoms with Gasteiger partial charge in [0.15, 0.2) is 6.29 Å². The lowest BCUT2D eigenvalue weighted by atomic mass is 9.99. The second-order valence-electron chi connectivity index (χ2n) is 8.12. The van der Waals surface area contributed by atoms with Gasteiger partial charge in [0.1, 0.15) is 35.6 Å². The predicted molar refractivity (Wildman–Crippen MR) is 115 cm³/mol. The van der Waals surface area contributed by atoms with Gasteiger partial charge in [0, 0.05) is 12.8 Å². The summed E-state index contributed by atoms with van der Waals surface area (Å²) >= 11 is 0. The molecule has 0 radical (unpaired) electrons. The van der Waals surface area contributed by atoms with Crippen molar-refractivity contribution in [1.29, 1.82) is 0 Å². The number of hydrogen-bond donors (Lipinski definition) is 5. The van der Waals surface area contributed by atoms with Gasteiger partial charge in [0.25, 0.3) is 0 Å². The Morgan fingerprint density at radius 3 is 2.06 bits per heavy atom. The Morgan fingerprint density at radius 2 is 1.47 bits per heavy atom. The van der Waals surface area contributed by atoms with Gasteiger partial charge < -0.3 is 35.0 Å². The van der Waals surface area contributed by atoms with Crippen molar-refractivity contribution >= 4 is 5.78 Å². The average molecular weight is 446 g/mol. The van der Waals surface area contributed by atoms with Crippen molar-refractivity contribution in [1.82, 2.24) is 0 Å². The van der Waals surface area contributed by atoms with Crippen LogP contribution < -0.4 is 0 Å². The highest BCUT2D eigenvalue weighted by Crippen LogP contribution is 2.22. The van der Waals surface area contributed by atoms with Crippen LogP contribution in [0.3, 0.4) is 0 Å². The molecule has 5 atom stereocenters. The first-order valence-electron chi connectivity index (χ1n) is 10.7. The molecular formula is C24H30O8. The molecule has 0 amide bonds. The topological polar surface area (TPSA) is 137 Å². The number of aliphatic hydroxyl groups excluding tert-OH is 3. The van der Waals surface area contributed by atoms with Gasteiger partial charge in [0.2, 0.25) is 0 Å². The van der Waals surface area contributed by atoms with Crippen LogP contribution in [0.2, 0.25) is 0 Å². The zero-order chi connectivity index (χ0) is 23.1. The minimum atomic E-state index is -1.43. The third kappa shape index (κ3) is 7.01. The van der Waals surface area contributed by atoms with Crippen molar-refractivity contribution < 1.29 is 39.8 Å². The number of aromatic hydroxyl groups is 2. The van der Waals surface area contributed by atoms with Crippen molar-refractivity contribution in [3.63, 3.8) is 0 Å². The van der Waals surface area contributed by atoms with Crippen molar-refractivity contribution in [3.05, 3.63) is 59.7 Å². The predicted octanol–water partition coefficient (Wildman–Crippen LogP) is 1.45. The Morgan fingerprint density at radius 1 is 0.906 bits per heavy atom. The monoisotopic (exact) mass is 446 g/mol. The number of phenols is 2. The molecule has 3 rings (SSSR count). The van der Waals surface area contributed by atoms with Crippen LogP contribution in [0.1, 0.15) is 30.4 Å². The highest BCUT2D eigenvalue weighted by molar-refractivity contribution is 5.79. The van der Waals surface area contributed by atoms with Crippen LogP contribution in [0.5, 0.6) is 11.5 Å². The van der Waals surface area contributed by atoms with E-state index in [2.05, 4.69) is 0 Å². The molecule has 1 saturated heterocycles. The zero-order valence-corrected chi connectivity index (χ0v) is 17.7. The highest BCUT2D eigenvalue weighted by atomic mass is 16.7. The van der Waals surface area contributed by atoms with Crippen molar-refractivity contribution in [2.75, 3.05) is 6.61 Å². The number of hydrogen-bond acceptors (Lipinski definition) is 8. The van der Waals surface area contributed by atoms with E-state index < -0.39 is 30.7 Å². The minimum Gasteiger partial charge on any atom is -0.508 e. The molecule has 8 heteroatoms. The van der Waals surface area contributed by atoms with Crippen LogP contribution in [-0.4, -0.2) is 68.6 Å². The van der Waals surface area contributed by atoms with Crippen LogP contribution in [-0.2, 0) is 27.1 Å². The molecule has 1 aliphatic rings. The molecule has 0 spiro atoms. The van der Waals surface area contributed by atoms with E-state index in [-0.39, 0.29) is 30.3 Å². The number of benzene rings is 2. The molecule has 5 N–H and O–H groups in total. The molecule has 0 unspecified atom stereocenters. The van der Waals surface area contributed by atoms with Crippen LogP contribution >= 0.6 is 0 Å². The Kier molecular flexibility index (Phi) is 8.60. The number of ketones is 1. The summed E-state index contributed by atoms with van der Waals surface area (Å²) in [4.78, 5) is 12.6. The van der Waals surface area contributed by atoms with Gasteiger partial charge >= 0.3 is 0 Å². The van der Waals surface area contributed by atoms with Crippen LogP contribution in [0, 0.1) is 0 Å². The lowest BCUT2D eigenvalue weighted by molar-refractivity contribution is -0.282. The number of aliphatic hydroxyl groups is 3. The first-order valence-corrected chi connectivity index (χ1v) is 10.7. The van der Waals surface area contributed by atoms with Crippen LogP contribution in [0.4, 0.5) is 0 Å². The Bertz CT molecular complexity index is 851. The number of aryl methyl sites for hydroxylation is 2. The summed E-state index contributed by atoms with van der Waals surface area (Å²) in [6, 6.07) is 13.4. The minimum absolute atomic E-state index is 0.0281. The maximum Gasteiger partial charge on any atom is 0.186 e. The molecular weight excluding hydrogens is 416 g/mol. The SMILES string of the molecule is O=C(CCc1ccc(O)cc1)C[C@@H](CCc1ccc(O)cc1)O[C@H]1OC[C@@H](O)[C@H](O)[C@H]1O. The molecule has 8 nitrogen and oxygen atoms in total. The quantitative estimate of drug-likeness (QED) is 0.370. The molecule has 0 saturated carbocycles. The smallest absolute Gasteiger partial charge is 0.186 e.